The summed E-state index contributed by atoms with van der Waals surface area (Å²) < 4.78 is 89.4. The second-order valence-corrected chi connectivity index (χ2v) is 11.0. The lowest BCUT2D eigenvalue weighted by atomic mass is 9.79. The van der Waals surface area contributed by atoms with E-state index < -0.39 is 53.5 Å². The van der Waals surface area contributed by atoms with Crippen LogP contribution in [0.25, 0.3) is 5.82 Å². The second kappa shape index (κ2) is 13.8. The van der Waals surface area contributed by atoms with E-state index in [9.17, 15) is 31.9 Å². The molecule has 0 aromatic carbocycles. The largest absolute Gasteiger partial charge is 0.431 e. The maximum atomic E-state index is 13.4. The van der Waals surface area contributed by atoms with E-state index >= 15 is 0 Å². The molecule has 2 aromatic heterocycles. The van der Waals surface area contributed by atoms with Gasteiger partial charge in [-0.2, -0.15) is 30.4 Å². The van der Waals surface area contributed by atoms with Crippen LogP contribution < -0.4 is 10.1 Å². The molecule has 15 heteroatoms. The van der Waals surface area contributed by atoms with Gasteiger partial charge in [-0.15, -0.1) is 0 Å². The molecule has 0 aliphatic heterocycles. The predicted molar refractivity (Wildman–Crippen MR) is 139 cm³/mol. The Kier molecular flexibility index (Phi) is 11.5. The van der Waals surface area contributed by atoms with Crippen molar-refractivity contribution in [3.05, 3.63) is 35.0 Å². The van der Waals surface area contributed by atoms with Crippen molar-refractivity contribution in [1.82, 2.24) is 19.9 Å². The maximum Gasteiger partial charge on any atom is 0.394 e. The number of imidazole rings is 1. The molecule has 0 atom stereocenters. The minimum absolute atomic E-state index is 0.0294. The highest BCUT2D eigenvalue weighted by Gasteiger charge is 2.47. The molecule has 1 saturated carbocycles. The van der Waals surface area contributed by atoms with Crippen LogP contribution in [0.15, 0.2) is 12.3 Å². The molecule has 0 unspecified atom stereocenters. The summed E-state index contributed by atoms with van der Waals surface area (Å²) >= 11 is -0.750. The van der Waals surface area contributed by atoms with Crippen molar-refractivity contribution >= 4 is 17.5 Å². The van der Waals surface area contributed by atoms with Crippen LogP contribution in [0, 0.1) is 18.3 Å². The summed E-state index contributed by atoms with van der Waals surface area (Å²) in [5, 5.41) is 13.5. The Hall–Kier alpha value is -2.94. The van der Waals surface area contributed by atoms with Crippen LogP contribution >= 0.6 is 0 Å². The summed E-state index contributed by atoms with van der Waals surface area (Å²) in [6.45, 7) is 4.25. The van der Waals surface area contributed by atoms with Gasteiger partial charge in [0.15, 0.2) is 11.6 Å². The molecule has 0 radical (unpaired) electrons. The Morgan fingerprint density at radius 2 is 1.85 bits per heavy atom. The number of aromatic nitrogens is 3. The Bertz CT molecular complexity index is 1240. The fourth-order valence-corrected chi connectivity index (χ4v) is 4.63. The second-order valence-electron chi connectivity index (χ2n) is 10.9. The number of nitrogens with one attached hydrogen (secondary N) is 1. The van der Waals surface area contributed by atoms with Crippen LogP contribution in [0.2, 0.25) is 0 Å². The number of alkyl halides is 5. The molecule has 2 N–H and O–H groups in total. The molecule has 2 heterocycles. The lowest BCUT2D eigenvalue weighted by Crippen LogP contribution is -2.45. The Morgan fingerprint density at radius 3 is 2.37 bits per heavy atom. The zero-order valence-corrected chi connectivity index (χ0v) is 24.3. The van der Waals surface area contributed by atoms with Crippen LogP contribution in [0.5, 0.6) is 5.75 Å². The number of rotatable bonds is 9. The standard InChI is InChI=1S/C26H35F5N4O3.O2S/c1-6-19-34-20(22(36)33-14-25(37)9-7-15(2)8-10-25)16(3)35(19)21-18(38-23(27)28)11-17(13-32-21)12-24(4,5)26(29,30)31;1-3-2/h11,13,15,23,37H,6-10,12,14H2,1-5H3,(H,33,36);. The van der Waals surface area contributed by atoms with Crippen LogP contribution in [0.1, 0.15) is 80.9 Å². The van der Waals surface area contributed by atoms with E-state index in [1.54, 1.807) is 13.8 Å². The van der Waals surface area contributed by atoms with Crippen LogP contribution in [0.3, 0.4) is 0 Å². The molecule has 0 saturated heterocycles. The molecule has 230 valence electrons. The van der Waals surface area contributed by atoms with E-state index in [0.29, 0.717) is 36.7 Å². The van der Waals surface area contributed by atoms with Gasteiger partial charge in [-0.3, -0.25) is 9.36 Å². The zero-order valence-electron chi connectivity index (χ0n) is 23.5. The third-order valence-corrected chi connectivity index (χ3v) is 7.22. The van der Waals surface area contributed by atoms with Gasteiger partial charge < -0.3 is 15.2 Å². The van der Waals surface area contributed by atoms with Gasteiger partial charge in [0.2, 0.25) is 0 Å². The van der Waals surface area contributed by atoms with Crippen molar-refractivity contribution < 1.29 is 45.0 Å². The highest BCUT2D eigenvalue weighted by molar-refractivity contribution is 7.51. The number of aryl methyl sites for hydroxylation is 1. The van der Waals surface area contributed by atoms with Crippen molar-refractivity contribution in [2.45, 2.75) is 91.5 Å². The number of nitrogens with zero attached hydrogens (tertiary/aromatic N) is 3. The molecule has 9 nitrogen and oxygen atoms in total. The van der Waals surface area contributed by atoms with Crippen molar-refractivity contribution in [2.75, 3.05) is 6.54 Å². The van der Waals surface area contributed by atoms with E-state index in [1.807, 2.05) is 0 Å². The number of hydrogen-bond acceptors (Lipinski definition) is 7. The SMILES string of the molecule is CCc1nc(C(=O)NCC2(O)CCC(C)CC2)c(C)n1-c1ncc(CC(C)(C)C(F)(F)F)cc1OC(F)F.O=S=O. The topological polar surface area (TPSA) is 123 Å². The third-order valence-electron chi connectivity index (χ3n) is 7.22. The highest BCUT2D eigenvalue weighted by Crippen LogP contribution is 2.41. The first kappa shape index (κ1) is 34.3. The summed E-state index contributed by atoms with van der Waals surface area (Å²) in [7, 11) is 0. The minimum Gasteiger partial charge on any atom is -0.431 e. The number of hydrogen-bond donors (Lipinski definition) is 2. The minimum atomic E-state index is -4.52. The Morgan fingerprint density at radius 1 is 1.27 bits per heavy atom. The number of carbonyl (C=O) groups excluding carboxylic acids is 1. The number of ether oxygens (including phenoxy) is 1. The van der Waals surface area contributed by atoms with Gasteiger partial charge in [0.1, 0.15) is 11.5 Å². The van der Waals surface area contributed by atoms with Gasteiger partial charge >= 0.3 is 24.4 Å². The quantitative estimate of drug-likeness (QED) is 0.389. The summed E-state index contributed by atoms with van der Waals surface area (Å²) in [6, 6.07) is 1.11. The number of halogens is 5. The van der Waals surface area contributed by atoms with Gasteiger partial charge in [0, 0.05) is 19.2 Å². The lowest BCUT2D eigenvalue weighted by molar-refractivity contribution is -0.211. The number of pyridine rings is 1. The Labute approximate surface area is 238 Å². The number of amides is 1. The van der Waals surface area contributed by atoms with Crippen molar-refractivity contribution in [1.29, 1.82) is 0 Å². The lowest BCUT2D eigenvalue weighted by Gasteiger charge is -2.34. The van der Waals surface area contributed by atoms with Crippen molar-refractivity contribution in [2.24, 2.45) is 11.3 Å². The predicted octanol–water partition coefficient (Wildman–Crippen LogP) is 4.87. The van der Waals surface area contributed by atoms with Crippen molar-refractivity contribution in [3.8, 4) is 11.6 Å². The van der Waals surface area contributed by atoms with E-state index in [4.69, 9.17) is 8.42 Å². The van der Waals surface area contributed by atoms with Crippen molar-refractivity contribution in [3.63, 3.8) is 0 Å². The summed E-state index contributed by atoms with van der Waals surface area (Å²) in [5.74, 6) is -0.238. The van der Waals surface area contributed by atoms with Gasteiger partial charge in [-0.05, 0) is 56.6 Å². The molecule has 41 heavy (non-hydrogen) atoms. The molecule has 1 aliphatic rings. The van der Waals surface area contributed by atoms with Crippen LogP contribution in [-0.2, 0) is 24.4 Å². The molecular weight excluding hydrogens is 575 g/mol. The van der Waals surface area contributed by atoms with E-state index in [0.717, 1.165) is 32.8 Å². The molecule has 1 fully saturated rings. The third kappa shape index (κ3) is 8.77. The summed E-state index contributed by atoms with van der Waals surface area (Å²) in [6.07, 6.45) is -0.688. The average Bonchev–Trinajstić information content (AvgIpc) is 3.20. The molecule has 1 amide bonds. The maximum absolute atomic E-state index is 13.4. The van der Waals surface area contributed by atoms with E-state index in [1.165, 1.54) is 10.8 Å². The first-order valence-corrected chi connectivity index (χ1v) is 13.7. The molecule has 0 bridgehead atoms. The molecule has 1 aliphatic carbocycles. The average molecular weight is 611 g/mol. The van der Waals surface area contributed by atoms with Gasteiger partial charge in [0.25, 0.3) is 5.91 Å². The number of carbonyl (C=O) groups is 1. The summed E-state index contributed by atoms with van der Waals surface area (Å²) in [5.41, 5.74) is -2.74. The summed E-state index contributed by atoms with van der Waals surface area (Å²) in [4.78, 5) is 21.6. The molecule has 3 rings (SSSR count). The van der Waals surface area contributed by atoms with Gasteiger partial charge in [-0.25, -0.2) is 9.97 Å². The zero-order chi connectivity index (χ0) is 31.2. The van der Waals surface area contributed by atoms with E-state index in [2.05, 4.69) is 26.9 Å². The molecule has 0 spiro atoms. The fourth-order valence-electron chi connectivity index (χ4n) is 4.63. The number of aliphatic hydroxyl groups is 1. The first-order valence-electron chi connectivity index (χ1n) is 13.0. The van der Waals surface area contributed by atoms with E-state index in [-0.39, 0.29) is 23.6 Å². The van der Waals surface area contributed by atoms with Gasteiger partial charge in [-0.1, -0.05) is 27.7 Å². The normalized spacial score (nSPS) is 19.4. The molecular formula is C26H35F5N4O5S. The Balaban J connectivity index is 0.00000187. The fraction of sp³-hybridized carbons (Fsp3) is 0.654. The van der Waals surface area contributed by atoms with Crippen LogP contribution in [0.4, 0.5) is 22.0 Å². The monoisotopic (exact) mass is 610 g/mol. The highest BCUT2D eigenvalue weighted by atomic mass is 32.1. The molecule has 2 aromatic rings. The van der Waals surface area contributed by atoms with Gasteiger partial charge in [0.05, 0.1) is 16.7 Å². The van der Waals surface area contributed by atoms with Crippen LogP contribution in [-0.4, -0.2) is 58.9 Å². The smallest absolute Gasteiger partial charge is 0.394 e. The first-order chi connectivity index (χ1) is 19.0.